The van der Waals surface area contributed by atoms with E-state index < -0.39 is 0 Å². The Morgan fingerprint density at radius 3 is 2.96 bits per heavy atom. The van der Waals surface area contributed by atoms with Gasteiger partial charge >= 0.3 is 6.03 Å². The summed E-state index contributed by atoms with van der Waals surface area (Å²) in [7, 11) is 0. The maximum atomic E-state index is 13.0. The van der Waals surface area contributed by atoms with Crippen LogP contribution in [0.5, 0.6) is 0 Å². The summed E-state index contributed by atoms with van der Waals surface area (Å²) in [6, 6.07) is 5.86. The van der Waals surface area contributed by atoms with Gasteiger partial charge in [-0.1, -0.05) is 6.92 Å². The van der Waals surface area contributed by atoms with Crippen LogP contribution in [0.4, 0.5) is 27.8 Å². The number of amides is 2. The second kappa shape index (κ2) is 8.04. The normalized spacial score (nSPS) is 19.4. The molecule has 1 fully saturated rings. The van der Waals surface area contributed by atoms with Crippen LogP contribution < -0.4 is 20.4 Å². The van der Waals surface area contributed by atoms with E-state index in [4.69, 9.17) is 4.98 Å². The lowest BCUT2D eigenvalue weighted by Gasteiger charge is -2.32. The van der Waals surface area contributed by atoms with Crippen LogP contribution in [0.25, 0.3) is 0 Å². The van der Waals surface area contributed by atoms with E-state index in [9.17, 15) is 4.79 Å². The van der Waals surface area contributed by atoms with Crippen molar-refractivity contribution in [2.75, 3.05) is 46.6 Å². The number of pyridine rings is 2. The summed E-state index contributed by atoms with van der Waals surface area (Å²) >= 11 is 0. The number of nitrogens with one attached hydrogen (secondary N) is 2. The molecule has 2 aliphatic heterocycles. The highest BCUT2D eigenvalue weighted by atomic mass is 16.2. The first-order valence-electron chi connectivity index (χ1n) is 10.1. The molecule has 1 unspecified atom stereocenters. The van der Waals surface area contributed by atoms with Gasteiger partial charge in [-0.15, -0.1) is 0 Å². The number of anilines is 4. The molecule has 0 saturated carbocycles. The molecule has 0 spiro atoms. The highest BCUT2D eigenvalue weighted by Gasteiger charge is 2.25. The fourth-order valence-corrected chi connectivity index (χ4v) is 3.93. The largest absolute Gasteiger partial charge is 0.382 e. The summed E-state index contributed by atoms with van der Waals surface area (Å²) in [5.41, 5.74) is 2.61. The first-order valence-corrected chi connectivity index (χ1v) is 10.1. The smallest absolute Gasteiger partial charge is 0.327 e. The van der Waals surface area contributed by atoms with Gasteiger partial charge in [-0.3, -0.25) is 9.88 Å². The highest BCUT2D eigenvalue weighted by Crippen LogP contribution is 2.31. The first-order chi connectivity index (χ1) is 13.6. The zero-order valence-electron chi connectivity index (χ0n) is 16.6. The van der Waals surface area contributed by atoms with Gasteiger partial charge in [0.1, 0.15) is 5.82 Å². The molecule has 2 N–H and O–H groups in total. The van der Waals surface area contributed by atoms with E-state index in [1.54, 1.807) is 17.3 Å². The summed E-state index contributed by atoms with van der Waals surface area (Å²) in [6.07, 6.45) is 6.76. The van der Waals surface area contributed by atoms with Crippen LogP contribution in [-0.4, -0.2) is 42.2 Å². The van der Waals surface area contributed by atoms with Crippen molar-refractivity contribution in [3.63, 3.8) is 0 Å². The standard InChI is InChI=1S/C21H28N6O/c1-15-5-3-9-26(14-15)19-7-6-18-20(25-19)27(10-4-8-23-18)21(28)24-17-11-16(2)12-22-13-17/h6-7,11-13,15,23H,3-5,8-10,14H2,1-2H3,(H,24,28). The van der Waals surface area contributed by atoms with Crippen LogP contribution >= 0.6 is 0 Å². The average molecular weight is 380 g/mol. The van der Waals surface area contributed by atoms with Crippen LogP contribution in [0.1, 0.15) is 31.7 Å². The van der Waals surface area contributed by atoms with Crippen molar-refractivity contribution in [1.29, 1.82) is 0 Å². The molecule has 0 radical (unpaired) electrons. The Bertz CT molecular complexity index is 855. The molecule has 2 aliphatic rings. The van der Waals surface area contributed by atoms with Gasteiger partial charge in [-0.25, -0.2) is 9.78 Å². The molecule has 0 aromatic carbocycles. The monoisotopic (exact) mass is 380 g/mol. The summed E-state index contributed by atoms with van der Waals surface area (Å²) < 4.78 is 0. The minimum Gasteiger partial charge on any atom is -0.382 e. The number of piperidine rings is 1. The number of aromatic nitrogens is 2. The Balaban J connectivity index is 1.60. The lowest BCUT2D eigenvalue weighted by atomic mass is 10.0. The first kappa shape index (κ1) is 18.5. The van der Waals surface area contributed by atoms with Crippen molar-refractivity contribution in [3.05, 3.63) is 36.2 Å². The molecule has 1 saturated heterocycles. The Morgan fingerprint density at radius 2 is 2.14 bits per heavy atom. The van der Waals surface area contributed by atoms with Crippen LogP contribution in [0.2, 0.25) is 0 Å². The number of carbonyl (C=O) groups is 1. The van der Waals surface area contributed by atoms with Gasteiger partial charge in [-0.2, -0.15) is 0 Å². The van der Waals surface area contributed by atoms with Crippen molar-refractivity contribution in [2.24, 2.45) is 5.92 Å². The number of fused-ring (bicyclic) bond motifs is 1. The molecule has 4 heterocycles. The molecule has 7 heteroatoms. The lowest BCUT2D eigenvalue weighted by Crippen LogP contribution is -2.37. The fraction of sp³-hybridized carbons (Fsp3) is 0.476. The van der Waals surface area contributed by atoms with Gasteiger partial charge in [0, 0.05) is 32.4 Å². The van der Waals surface area contributed by atoms with Crippen LogP contribution in [-0.2, 0) is 0 Å². The van der Waals surface area contributed by atoms with Gasteiger partial charge < -0.3 is 15.5 Å². The van der Waals surface area contributed by atoms with E-state index in [-0.39, 0.29) is 6.03 Å². The molecule has 0 aliphatic carbocycles. The number of hydrogen-bond acceptors (Lipinski definition) is 5. The maximum Gasteiger partial charge on any atom is 0.327 e. The van der Waals surface area contributed by atoms with Gasteiger partial charge in [0.15, 0.2) is 5.82 Å². The van der Waals surface area contributed by atoms with Gasteiger partial charge in [-0.05, 0) is 55.9 Å². The van der Waals surface area contributed by atoms with E-state index in [1.165, 1.54) is 12.8 Å². The molecular formula is C21H28N6O. The second-order valence-corrected chi connectivity index (χ2v) is 7.85. The average Bonchev–Trinajstić information content (AvgIpc) is 2.90. The van der Waals surface area contributed by atoms with Crippen molar-refractivity contribution < 1.29 is 4.79 Å². The van der Waals surface area contributed by atoms with Crippen LogP contribution in [0, 0.1) is 12.8 Å². The molecule has 2 aromatic rings. The third-order valence-corrected chi connectivity index (χ3v) is 5.34. The van der Waals surface area contributed by atoms with Crippen molar-refractivity contribution in [2.45, 2.75) is 33.1 Å². The molecule has 2 amide bonds. The molecule has 28 heavy (non-hydrogen) atoms. The van der Waals surface area contributed by atoms with Crippen LogP contribution in [0.15, 0.2) is 30.6 Å². The zero-order valence-corrected chi connectivity index (χ0v) is 16.6. The van der Waals surface area contributed by atoms with E-state index in [0.717, 1.165) is 43.1 Å². The number of aryl methyl sites for hydroxylation is 1. The Kier molecular flexibility index (Phi) is 5.32. The fourth-order valence-electron chi connectivity index (χ4n) is 3.93. The topological polar surface area (TPSA) is 73.4 Å². The highest BCUT2D eigenvalue weighted by molar-refractivity contribution is 6.03. The third kappa shape index (κ3) is 4.03. The molecule has 0 bridgehead atoms. The molecular weight excluding hydrogens is 352 g/mol. The van der Waals surface area contributed by atoms with Crippen LogP contribution in [0.3, 0.4) is 0 Å². The van der Waals surface area contributed by atoms with Gasteiger partial charge in [0.05, 0.1) is 17.6 Å². The molecule has 2 aromatic heterocycles. The number of urea groups is 1. The zero-order chi connectivity index (χ0) is 19.5. The van der Waals surface area contributed by atoms with Crippen molar-refractivity contribution in [3.8, 4) is 0 Å². The minimum atomic E-state index is -0.172. The van der Waals surface area contributed by atoms with E-state index in [0.29, 0.717) is 24.0 Å². The van der Waals surface area contributed by atoms with Crippen molar-refractivity contribution >= 4 is 29.0 Å². The summed E-state index contributed by atoms with van der Waals surface area (Å²) in [6.45, 7) is 7.72. The van der Waals surface area contributed by atoms with E-state index in [2.05, 4.69) is 39.6 Å². The van der Waals surface area contributed by atoms with Gasteiger partial charge in [0.25, 0.3) is 0 Å². The van der Waals surface area contributed by atoms with Crippen molar-refractivity contribution in [1.82, 2.24) is 9.97 Å². The minimum absolute atomic E-state index is 0.172. The Morgan fingerprint density at radius 1 is 1.25 bits per heavy atom. The predicted molar refractivity (Wildman–Crippen MR) is 113 cm³/mol. The molecule has 148 valence electrons. The third-order valence-electron chi connectivity index (χ3n) is 5.34. The molecule has 1 atom stereocenters. The molecule has 7 nitrogen and oxygen atoms in total. The lowest BCUT2D eigenvalue weighted by molar-refractivity contribution is 0.257. The second-order valence-electron chi connectivity index (χ2n) is 7.85. The summed E-state index contributed by atoms with van der Waals surface area (Å²) in [5, 5.41) is 6.38. The summed E-state index contributed by atoms with van der Waals surface area (Å²) in [5.74, 6) is 2.32. The van der Waals surface area contributed by atoms with E-state index >= 15 is 0 Å². The predicted octanol–water partition coefficient (Wildman–Crippen LogP) is 3.88. The van der Waals surface area contributed by atoms with E-state index in [1.807, 2.05) is 13.0 Å². The number of carbonyl (C=O) groups excluding carboxylic acids is 1. The Hall–Kier alpha value is -2.83. The quantitative estimate of drug-likeness (QED) is 0.827. The Labute approximate surface area is 166 Å². The SMILES string of the molecule is Cc1cncc(NC(=O)N2CCCNc3ccc(N4CCCC(C)C4)nc32)c1. The molecule has 4 rings (SSSR count). The number of nitrogens with zero attached hydrogens (tertiary/aromatic N) is 4. The maximum absolute atomic E-state index is 13.0. The summed E-state index contributed by atoms with van der Waals surface area (Å²) in [4.78, 5) is 26.2. The number of rotatable bonds is 2. The van der Waals surface area contributed by atoms with Gasteiger partial charge in [0.2, 0.25) is 0 Å². The number of hydrogen-bond donors (Lipinski definition) is 2.